The smallest absolute Gasteiger partial charge is 0.122 e. The second kappa shape index (κ2) is 4.75. The van der Waals surface area contributed by atoms with Crippen LogP contribution in [0, 0.1) is 6.92 Å². The minimum atomic E-state index is 0.506. The molecule has 0 radical (unpaired) electrons. The average molecular weight is 320 g/mol. The number of fused-ring (bicyclic) bond motifs is 1. The van der Waals surface area contributed by atoms with Gasteiger partial charge in [0.15, 0.2) is 0 Å². The van der Waals surface area contributed by atoms with E-state index in [1.807, 2.05) is 25.1 Å². The van der Waals surface area contributed by atoms with Crippen molar-refractivity contribution in [1.82, 2.24) is 14.5 Å². The molecule has 19 heavy (non-hydrogen) atoms. The number of rotatable bonds is 1. The largest absolute Gasteiger partial charge is 0.319 e. The Bertz CT molecular complexity index is 618. The van der Waals surface area contributed by atoms with Gasteiger partial charge in [-0.25, -0.2) is 4.98 Å². The molecule has 0 spiro atoms. The number of halogens is 1. The van der Waals surface area contributed by atoms with Crippen LogP contribution in [-0.4, -0.2) is 14.5 Å². The summed E-state index contributed by atoms with van der Waals surface area (Å²) in [5.74, 6) is 1.70. The summed E-state index contributed by atoms with van der Waals surface area (Å²) in [6.45, 7) is 6.53. The fraction of sp³-hybridized carbons (Fsp3) is 0.467. The Kier molecular flexibility index (Phi) is 3.21. The van der Waals surface area contributed by atoms with Gasteiger partial charge in [-0.15, -0.1) is 0 Å². The highest BCUT2D eigenvalue weighted by Gasteiger charge is 2.28. The first kappa shape index (κ1) is 12.9. The number of aromatic nitrogens is 3. The third-order valence-electron chi connectivity index (χ3n) is 3.91. The number of imidazole rings is 1. The van der Waals surface area contributed by atoms with Gasteiger partial charge in [-0.05, 0) is 54.8 Å². The zero-order valence-corrected chi connectivity index (χ0v) is 13.1. The van der Waals surface area contributed by atoms with E-state index in [1.54, 1.807) is 0 Å². The summed E-state index contributed by atoms with van der Waals surface area (Å²) in [6.07, 6.45) is 2.43. The Labute approximate surface area is 122 Å². The molecule has 0 saturated carbocycles. The van der Waals surface area contributed by atoms with E-state index in [2.05, 4.69) is 39.3 Å². The van der Waals surface area contributed by atoms with Crippen LogP contribution < -0.4 is 0 Å². The average Bonchev–Trinajstić information content (AvgIpc) is 2.73. The molecule has 2 aromatic rings. The molecule has 0 aliphatic carbocycles. The highest BCUT2D eigenvalue weighted by Crippen LogP contribution is 2.39. The first-order chi connectivity index (χ1) is 9.08. The van der Waals surface area contributed by atoms with Crippen molar-refractivity contribution in [3.05, 3.63) is 34.3 Å². The molecule has 2 atom stereocenters. The lowest BCUT2D eigenvalue weighted by molar-refractivity contribution is 0.383. The molecular weight excluding hydrogens is 302 g/mol. The summed E-state index contributed by atoms with van der Waals surface area (Å²) in [6, 6.07) is 6.58. The minimum Gasteiger partial charge on any atom is -0.319 e. The minimum absolute atomic E-state index is 0.506. The van der Waals surface area contributed by atoms with E-state index in [1.165, 1.54) is 18.7 Å². The quantitative estimate of drug-likeness (QED) is 0.776. The number of hydrogen-bond acceptors (Lipinski definition) is 2. The van der Waals surface area contributed by atoms with Crippen LogP contribution in [0.1, 0.15) is 50.2 Å². The summed E-state index contributed by atoms with van der Waals surface area (Å²) in [5, 5.41) is 0. The summed E-state index contributed by atoms with van der Waals surface area (Å²) < 4.78 is 3.40. The highest BCUT2D eigenvalue weighted by molar-refractivity contribution is 9.10. The fourth-order valence-electron chi connectivity index (χ4n) is 2.78. The first-order valence-corrected chi connectivity index (χ1v) is 7.59. The van der Waals surface area contributed by atoms with Crippen LogP contribution in [0.15, 0.2) is 22.8 Å². The molecule has 0 saturated heterocycles. The standard InChI is InChI=1S/C15H18BrN3/c1-9-7-8-11(3)19-14(16)13(18-15(9)19)12-6-4-5-10(2)17-12/h4-6,9,11H,7-8H2,1-3H3/t9-,11+/m0/s1. The van der Waals surface area contributed by atoms with Crippen molar-refractivity contribution < 1.29 is 0 Å². The normalized spacial score (nSPS) is 22.3. The van der Waals surface area contributed by atoms with Gasteiger partial charge in [-0.2, -0.15) is 0 Å². The number of aryl methyl sites for hydroxylation is 1. The molecule has 0 aromatic carbocycles. The van der Waals surface area contributed by atoms with Crippen molar-refractivity contribution in [3.8, 4) is 11.4 Å². The Balaban J connectivity index is 2.17. The molecule has 100 valence electrons. The molecule has 1 aliphatic rings. The maximum absolute atomic E-state index is 4.85. The molecule has 0 amide bonds. The van der Waals surface area contributed by atoms with Crippen molar-refractivity contribution in [2.24, 2.45) is 0 Å². The van der Waals surface area contributed by atoms with E-state index >= 15 is 0 Å². The van der Waals surface area contributed by atoms with Crippen molar-refractivity contribution in [2.75, 3.05) is 0 Å². The molecule has 2 aromatic heterocycles. The zero-order valence-electron chi connectivity index (χ0n) is 11.5. The van der Waals surface area contributed by atoms with Crippen LogP contribution >= 0.6 is 15.9 Å². The summed E-state index contributed by atoms with van der Waals surface area (Å²) in [7, 11) is 0. The molecule has 0 fully saturated rings. The van der Waals surface area contributed by atoms with Crippen molar-refractivity contribution in [3.63, 3.8) is 0 Å². The van der Waals surface area contributed by atoms with Crippen LogP contribution in [0.2, 0.25) is 0 Å². The second-order valence-corrected chi connectivity index (χ2v) is 6.22. The predicted octanol–water partition coefficient (Wildman–Crippen LogP) is 4.47. The number of nitrogens with zero attached hydrogens (tertiary/aromatic N) is 3. The van der Waals surface area contributed by atoms with Gasteiger partial charge in [-0.3, -0.25) is 4.98 Å². The van der Waals surface area contributed by atoms with E-state index in [0.717, 1.165) is 21.7 Å². The molecule has 0 unspecified atom stereocenters. The van der Waals surface area contributed by atoms with Crippen LogP contribution in [-0.2, 0) is 0 Å². The van der Waals surface area contributed by atoms with Crippen molar-refractivity contribution in [2.45, 2.75) is 45.6 Å². The maximum Gasteiger partial charge on any atom is 0.122 e. The Morgan fingerprint density at radius 2 is 2.00 bits per heavy atom. The van der Waals surface area contributed by atoms with Crippen molar-refractivity contribution in [1.29, 1.82) is 0 Å². The molecule has 1 aliphatic heterocycles. The molecule has 4 heteroatoms. The van der Waals surface area contributed by atoms with Gasteiger partial charge in [0, 0.05) is 17.7 Å². The maximum atomic E-state index is 4.85. The van der Waals surface area contributed by atoms with Gasteiger partial charge in [0.25, 0.3) is 0 Å². The fourth-order valence-corrected chi connectivity index (χ4v) is 3.61. The zero-order chi connectivity index (χ0) is 13.6. The highest BCUT2D eigenvalue weighted by atomic mass is 79.9. The molecule has 0 bridgehead atoms. The van der Waals surface area contributed by atoms with Crippen LogP contribution in [0.3, 0.4) is 0 Å². The van der Waals surface area contributed by atoms with Crippen LogP contribution in [0.5, 0.6) is 0 Å². The van der Waals surface area contributed by atoms with E-state index in [4.69, 9.17) is 4.98 Å². The summed E-state index contributed by atoms with van der Waals surface area (Å²) in [5.41, 5.74) is 2.95. The molecule has 0 N–H and O–H groups in total. The van der Waals surface area contributed by atoms with E-state index in [9.17, 15) is 0 Å². The van der Waals surface area contributed by atoms with E-state index in [0.29, 0.717) is 12.0 Å². The summed E-state index contributed by atoms with van der Waals surface area (Å²) >= 11 is 3.73. The molecular formula is C15H18BrN3. The number of pyridine rings is 1. The molecule has 3 nitrogen and oxygen atoms in total. The van der Waals surface area contributed by atoms with Crippen LogP contribution in [0.25, 0.3) is 11.4 Å². The Morgan fingerprint density at radius 1 is 1.21 bits per heavy atom. The predicted molar refractivity (Wildman–Crippen MR) is 80.3 cm³/mol. The van der Waals surface area contributed by atoms with E-state index < -0.39 is 0 Å². The lowest BCUT2D eigenvalue weighted by Crippen LogP contribution is -2.18. The summed E-state index contributed by atoms with van der Waals surface area (Å²) in [4.78, 5) is 9.44. The van der Waals surface area contributed by atoms with Gasteiger partial charge >= 0.3 is 0 Å². The lowest BCUT2D eigenvalue weighted by Gasteiger charge is -2.26. The van der Waals surface area contributed by atoms with Gasteiger partial charge in [0.05, 0.1) is 5.69 Å². The van der Waals surface area contributed by atoms with Gasteiger partial charge in [0.2, 0.25) is 0 Å². The molecule has 3 heterocycles. The van der Waals surface area contributed by atoms with Gasteiger partial charge in [0.1, 0.15) is 16.1 Å². The van der Waals surface area contributed by atoms with Gasteiger partial charge < -0.3 is 4.57 Å². The first-order valence-electron chi connectivity index (χ1n) is 6.79. The van der Waals surface area contributed by atoms with Gasteiger partial charge in [-0.1, -0.05) is 13.0 Å². The lowest BCUT2D eigenvalue weighted by atomic mass is 9.97. The molecule has 3 rings (SSSR count). The van der Waals surface area contributed by atoms with Crippen molar-refractivity contribution >= 4 is 15.9 Å². The van der Waals surface area contributed by atoms with Crippen LogP contribution in [0.4, 0.5) is 0 Å². The van der Waals surface area contributed by atoms with E-state index in [-0.39, 0.29) is 0 Å². The monoisotopic (exact) mass is 319 g/mol. The third-order valence-corrected chi connectivity index (χ3v) is 4.67. The third kappa shape index (κ3) is 2.12. The topological polar surface area (TPSA) is 30.7 Å². The SMILES string of the molecule is Cc1cccc(-c2nc3n(c2Br)[C@H](C)CC[C@@H]3C)n1. The number of hydrogen-bond donors (Lipinski definition) is 0. The Morgan fingerprint density at radius 3 is 2.68 bits per heavy atom. The Hall–Kier alpha value is -1.16. The second-order valence-electron chi connectivity index (χ2n) is 5.47.